The van der Waals surface area contributed by atoms with Crippen molar-refractivity contribution in [1.82, 2.24) is 19.8 Å². The maximum absolute atomic E-state index is 15.5. The number of aromatic nitrogens is 2. The molecule has 3 heterocycles. The number of fused-ring (bicyclic) bond motifs is 3. The molecule has 2 N–H and O–H groups in total. The lowest BCUT2D eigenvalue weighted by Crippen LogP contribution is -2.54. The Bertz CT molecular complexity index is 1190. The lowest BCUT2D eigenvalue weighted by atomic mass is 9.84. The van der Waals surface area contributed by atoms with E-state index in [0.717, 1.165) is 24.2 Å². The normalized spacial score (nSPS) is 21.8. The summed E-state index contributed by atoms with van der Waals surface area (Å²) in [5, 5.41) is 3.27. The van der Waals surface area contributed by atoms with Crippen molar-refractivity contribution in [2.45, 2.75) is 44.1 Å². The predicted octanol–water partition coefficient (Wildman–Crippen LogP) is 5.06. The van der Waals surface area contributed by atoms with Crippen molar-refractivity contribution in [2.75, 3.05) is 38.2 Å². The average molecular weight is 494 g/mol. The third kappa shape index (κ3) is 4.86. The first kappa shape index (κ1) is 24.0. The van der Waals surface area contributed by atoms with Crippen molar-refractivity contribution < 1.29 is 22.0 Å². The first-order valence-electron chi connectivity index (χ1n) is 11.8. The van der Waals surface area contributed by atoms with Crippen LogP contribution in [0, 0.1) is 5.82 Å². The fraction of sp³-hybridized carbons (Fsp3) is 0.480. The molecule has 35 heavy (non-hydrogen) atoms. The van der Waals surface area contributed by atoms with Crippen LogP contribution in [0.5, 0.6) is 0 Å². The molecular formula is C25H28F5N5. The number of nitrogens with zero attached hydrogens (tertiary/aromatic N) is 3. The van der Waals surface area contributed by atoms with E-state index in [1.54, 1.807) is 37.5 Å². The van der Waals surface area contributed by atoms with Gasteiger partial charge in [-0.3, -0.25) is 14.2 Å². The molecule has 0 unspecified atom stereocenters. The van der Waals surface area contributed by atoms with Crippen molar-refractivity contribution in [1.29, 1.82) is 0 Å². The Kier molecular flexibility index (Phi) is 6.43. The van der Waals surface area contributed by atoms with E-state index < -0.39 is 30.6 Å². The Morgan fingerprint density at radius 1 is 1.14 bits per heavy atom. The number of hydrogen-bond donors (Lipinski definition) is 2. The molecule has 1 aromatic heterocycles. The highest BCUT2D eigenvalue weighted by atomic mass is 19.4. The van der Waals surface area contributed by atoms with E-state index in [9.17, 15) is 17.6 Å². The maximum atomic E-state index is 15.5. The van der Waals surface area contributed by atoms with Crippen LogP contribution in [0.3, 0.4) is 0 Å². The highest BCUT2D eigenvalue weighted by Crippen LogP contribution is 2.42. The molecule has 188 valence electrons. The second-order valence-electron chi connectivity index (χ2n) is 9.55. The third-order valence-electron chi connectivity index (χ3n) is 7.02. The number of hydrogen-bond acceptors (Lipinski definition) is 4. The van der Waals surface area contributed by atoms with Crippen LogP contribution in [-0.2, 0) is 6.42 Å². The highest BCUT2D eigenvalue weighted by molar-refractivity contribution is 5.80. The van der Waals surface area contributed by atoms with Gasteiger partial charge in [-0.1, -0.05) is 12.1 Å². The largest absolute Gasteiger partial charge is 0.401 e. The molecule has 2 aliphatic rings. The molecule has 5 rings (SSSR count). The third-order valence-corrected chi connectivity index (χ3v) is 7.02. The predicted molar refractivity (Wildman–Crippen MR) is 125 cm³/mol. The zero-order valence-corrected chi connectivity index (χ0v) is 19.4. The van der Waals surface area contributed by atoms with E-state index in [0.29, 0.717) is 36.2 Å². The minimum absolute atomic E-state index is 0.130. The van der Waals surface area contributed by atoms with Crippen molar-refractivity contribution in [3.63, 3.8) is 0 Å². The van der Waals surface area contributed by atoms with E-state index >= 15 is 4.39 Å². The van der Waals surface area contributed by atoms with E-state index in [2.05, 4.69) is 20.2 Å². The van der Waals surface area contributed by atoms with Crippen LogP contribution in [-0.4, -0.2) is 70.9 Å². The van der Waals surface area contributed by atoms with Gasteiger partial charge < -0.3 is 10.3 Å². The smallest absolute Gasteiger partial charge is 0.380 e. The SMILES string of the molecule is C[C@@H]1Cc2c(ccc3[nH]cnc23)[C@@H](c2ccc(NC3CN(CCCF)C3)cc2F)N1CC(F)(F)F. The Morgan fingerprint density at radius 3 is 2.63 bits per heavy atom. The Labute approximate surface area is 200 Å². The lowest BCUT2D eigenvalue weighted by Gasteiger charge is -2.43. The molecule has 3 aromatic rings. The number of rotatable bonds is 7. The molecule has 2 atom stereocenters. The quantitative estimate of drug-likeness (QED) is 0.452. The molecule has 5 nitrogen and oxygen atoms in total. The number of nitrogens with one attached hydrogen (secondary N) is 2. The molecule has 0 spiro atoms. The number of benzene rings is 2. The number of H-pyrrole nitrogens is 1. The minimum atomic E-state index is -4.42. The van der Waals surface area contributed by atoms with E-state index in [4.69, 9.17) is 0 Å². The molecule has 1 fully saturated rings. The average Bonchev–Trinajstić information content (AvgIpc) is 3.25. The van der Waals surface area contributed by atoms with Gasteiger partial charge in [0.1, 0.15) is 5.82 Å². The van der Waals surface area contributed by atoms with Crippen LogP contribution in [0.4, 0.5) is 27.6 Å². The maximum Gasteiger partial charge on any atom is 0.401 e. The second-order valence-corrected chi connectivity index (χ2v) is 9.55. The zero-order chi connectivity index (χ0) is 24.7. The van der Waals surface area contributed by atoms with E-state index in [1.165, 1.54) is 11.0 Å². The lowest BCUT2D eigenvalue weighted by molar-refractivity contribution is -0.155. The Morgan fingerprint density at radius 2 is 1.91 bits per heavy atom. The second kappa shape index (κ2) is 9.39. The highest BCUT2D eigenvalue weighted by Gasteiger charge is 2.42. The summed E-state index contributed by atoms with van der Waals surface area (Å²) >= 11 is 0. The van der Waals surface area contributed by atoms with Crippen LogP contribution in [0.1, 0.15) is 36.1 Å². The molecule has 1 saturated heterocycles. The van der Waals surface area contributed by atoms with Gasteiger partial charge in [-0.05, 0) is 49.1 Å². The van der Waals surface area contributed by atoms with Crippen molar-refractivity contribution in [3.05, 3.63) is 59.2 Å². The number of anilines is 1. The molecule has 2 aromatic carbocycles. The van der Waals surface area contributed by atoms with Crippen LogP contribution < -0.4 is 5.32 Å². The van der Waals surface area contributed by atoms with Crippen LogP contribution in [0.15, 0.2) is 36.7 Å². The summed E-state index contributed by atoms with van der Waals surface area (Å²) in [5.41, 5.74) is 3.81. The molecular weight excluding hydrogens is 465 g/mol. The number of imidazole rings is 1. The van der Waals surface area contributed by atoms with Gasteiger partial charge in [0.15, 0.2) is 0 Å². The molecule has 2 aliphatic heterocycles. The van der Waals surface area contributed by atoms with Crippen molar-refractivity contribution >= 4 is 16.7 Å². The summed E-state index contributed by atoms with van der Waals surface area (Å²) in [5.74, 6) is -0.553. The first-order valence-corrected chi connectivity index (χ1v) is 11.8. The van der Waals surface area contributed by atoms with Crippen LogP contribution >= 0.6 is 0 Å². The fourth-order valence-electron chi connectivity index (χ4n) is 5.40. The molecule has 0 saturated carbocycles. The van der Waals surface area contributed by atoms with E-state index in [-0.39, 0.29) is 18.3 Å². The van der Waals surface area contributed by atoms with Crippen molar-refractivity contribution in [2.24, 2.45) is 0 Å². The fourth-order valence-corrected chi connectivity index (χ4v) is 5.40. The summed E-state index contributed by atoms with van der Waals surface area (Å²) in [6.45, 7) is 2.45. The first-order chi connectivity index (χ1) is 16.7. The molecule has 10 heteroatoms. The monoisotopic (exact) mass is 493 g/mol. The molecule has 0 bridgehead atoms. The number of likely N-dealkylation sites (tertiary alicyclic amines) is 1. The van der Waals surface area contributed by atoms with Crippen molar-refractivity contribution in [3.8, 4) is 0 Å². The molecule has 0 amide bonds. The van der Waals surface area contributed by atoms with Gasteiger partial charge in [-0.25, -0.2) is 9.37 Å². The number of aromatic amines is 1. The minimum Gasteiger partial charge on any atom is -0.380 e. The summed E-state index contributed by atoms with van der Waals surface area (Å²) in [4.78, 5) is 10.9. The Balaban J connectivity index is 1.45. The summed E-state index contributed by atoms with van der Waals surface area (Å²) in [6.07, 6.45) is -1.97. The van der Waals surface area contributed by atoms with Gasteiger partial charge in [-0.15, -0.1) is 0 Å². The van der Waals surface area contributed by atoms with Gasteiger partial charge in [0, 0.05) is 36.9 Å². The molecule has 0 radical (unpaired) electrons. The van der Waals surface area contributed by atoms with Gasteiger partial charge >= 0.3 is 6.18 Å². The van der Waals surface area contributed by atoms with Crippen LogP contribution in [0.2, 0.25) is 0 Å². The summed E-state index contributed by atoms with van der Waals surface area (Å²) in [7, 11) is 0. The zero-order valence-electron chi connectivity index (χ0n) is 19.4. The van der Waals surface area contributed by atoms with Gasteiger partial charge in [0.05, 0.1) is 42.7 Å². The summed E-state index contributed by atoms with van der Waals surface area (Å²) in [6, 6.07) is 7.02. The number of alkyl halides is 4. The standard InChI is InChI=1S/C25H28F5N5/c1-15-9-20-18(5-6-22-23(20)32-14-31-22)24(35(15)13-25(28,29)30)19-4-3-16(10-21(19)27)33-17-11-34(12-17)8-2-7-26/h3-6,10,14-15,17,24,33H,2,7-9,11-13H2,1H3,(H,31,32)/t15-,24+/m1/s1. The number of halogens is 5. The van der Waals surface area contributed by atoms with Gasteiger partial charge in [-0.2, -0.15) is 13.2 Å². The van der Waals surface area contributed by atoms with Crippen LogP contribution in [0.25, 0.3) is 11.0 Å². The van der Waals surface area contributed by atoms with Gasteiger partial charge in [0.25, 0.3) is 0 Å². The topological polar surface area (TPSA) is 47.2 Å². The summed E-state index contributed by atoms with van der Waals surface area (Å²) < 4.78 is 68.5. The Hall–Kier alpha value is -2.72. The van der Waals surface area contributed by atoms with E-state index in [1.807, 2.05) is 0 Å². The van der Waals surface area contributed by atoms with Gasteiger partial charge in [0.2, 0.25) is 0 Å². The molecule has 0 aliphatic carbocycles.